The van der Waals surface area contributed by atoms with Crippen LogP contribution in [0.15, 0.2) is 23.1 Å². The molecule has 7 nitrogen and oxygen atoms in total. The fourth-order valence-electron chi connectivity index (χ4n) is 2.06. The summed E-state index contributed by atoms with van der Waals surface area (Å²) in [6.45, 7) is 5.43. The van der Waals surface area contributed by atoms with Crippen LogP contribution in [0, 0.1) is 17.0 Å². The molecule has 0 fully saturated rings. The lowest BCUT2D eigenvalue weighted by molar-refractivity contribution is -0.387. The van der Waals surface area contributed by atoms with Gasteiger partial charge in [-0.2, -0.15) is 0 Å². The maximum Gasteiger partial charge on any atom is 0.289 e. The lowest BCUT2D eigenvalue weighted by atomic mass is 9.95. The first-order chi connectivity index (χ1) is 9.71. The Balaban J connectivity index is 3.35. The summed E-state index contributed by atoms with van der Waals surface area (Å²) in [7, 11) is -4.02. The van der Waals surface area contributed by atoms with Crippen LogP contribution < -0.4 is 10.5 Å². The minimum absolute atomic E-state index is 0.124. The van der Waals surface area contributed by atoms with E-state index in [0.29, 0.717) is 18.4 Å². The monoisotopic (exact) mass is 315 g/mol. The van der Waals surface area contributed by atoms with E-state index < -0.39 is 26.2 Å². The van der Waals surface area contributed by atoms with Crippen molar-refractivity contribution in [1.82, 2.24) is 4.72 Å². The lowest BCUT2D eigenvalue weighted by Gasteiger charge is -2.30. The van der Waals surface area contributed by atoms with Crippen molar-refractivity contribution in [3.63, 3.8) is 0 Å². The third kappa shape index (κ3) is 3.78. The fourth-order valence-corrected chi connectivity index (χ4v) is 3.77. The molecular formula is C13H21N3O4S. The minimum atomic E-state index is -4.02. The number of benzene rings is 1. The molecule has 0 aliphatic heterocycles. The molecule has 0 bridgehead atoms. The third-order valence-corrected chi connectivity index (χ3v) is 5.32. The Kier molecular flexibility index (Phi) is 5.43. The molecule has 0 aliphatic rings. The maximum atomic E-state index is 12.5. The molecule has 0 amide bonds. The summed E-state index contributed by atoms with van der Waals surface area (Å²) in [6.07, 6.45) is 0.998. The van der Waals surface area contributed by atoms with Gasteiger partial charge in [-0.05, 0) is 31.4 Å². The van der Waals surface area contributed by atoms with Crippen LogP contribution in [0.3, 0.4) is 0 Å². The van der Waals surface area contributed by atoms with E-state index in [1.807, 2.05) is 13.8 Å². The second-order valence-corrected chi connectivity index (χ2v) is 6.68. The molecule has 0 spiro atoms. The van der Waals surface area contributed by atoms with Crippen molar-refractivity contribution < 1.29 is 13.3 Å². The smallest absolute Gasteiger partial charge is 0.289 e. The van der Waals surface area contributed by atoms with Gasteiger partial charge in [-0.3, -0.25) is 10.1 Å². The molecular weight excluding hydrogens is 294 g/mol. The van der Waals surface area contributed by atoms with Crippen molar-refractivity contribution in [2.75, 3.05) is 6.54 Å². The highest BCUT2D eigenvalue weighted by atomic mass is 32.2. The van der Waals surface area contributed by atoms with E-state index in [4.69, 9.17) is 5.73 Å². The highest BCUT2D eigenvalue weighted by Crippen LogP contribution is 2.27. The molecule has 3 N–H and O–H groups in total. The van der Waals surface area contributed by atoms with Crippen LogP contribution in [0.5, 0.6) is 0 Å². The number of nitro benzene ring substituents is 1. The first-order valence-corrected chi connectivity index (χ1v) is 8.18. The van der Waals surface area contributed by atoms with Gasteiger partial charge in [-0.15, -0.1) is 0 Å². The zero-order valence-corrected chi connectivity index (χ0v) is 13.2. The lowest BCUT2D eigenvalue weighted by Crippen LogP contribution is -2.52. The van der Waals surface area contributed by atoms with Crippen LogP contribution in [0.25, 0.3) is 0 Å². The molecule has 8 heteroatoms. The van der Waals surface area contributed by atoms with E-state index in [-0.39, 0.29) is 11.4 Å². The number of hydrogen-bond acceptors (Lipinski definition) is 5. The van der Waals surface area contributed by atoms with Gasteiger partial charge < -0.3 is 5.73 Å². The summed E-state index contributed by atoms with van der Waals surface area (Å²) in [5, 5.41) is 11.1. The van der Waals surface area contributed by atoms with Crippen LogP contribution in [0.4, 0.5) is 5.69 Å². The van der Waals surface area contributed by atoms with Gasteiger partial charge in [0, 0.05) is 18.2 Å². The van der Waals surface area contributed by atoms with Gasteiger partial charge in [0.1, 0.15) is 0 Å². The quantitative estimate of drug-likeness (QED) is 0.587. The molecule has 118 valence electrons. The van der Waals surface area contributed by atoms with E-state index in [2.05, 4.69) is 4.72 Å². The first kappa shape index (κ1) is 17.5. The normalized spacial score (nSPS) is 12.4. The van der Waals surface area contributed by atoms with Crippen molar-refractivity contribution in [2.24, 2.45) is 5.73 Å². The Bertz CT molecular complexity index is 616. The zero-order chi connectivity index (χ0) is 16.3. The number of rotatable bonds is 7. The minimum Gasteiger partial charge on any atom is -0.329 e. The molecule has 0 saturated carbocycles. The number of nitro groups is 1. The molecule has 0 heterocycles. The number of aryl methyl sites for hydroxylation is 1. The number of nitrogens with two attached hydrogens (primary N) is 1. The Morgan fingerprint density at radius 3 is 2.33 bits per heavy atom. The van der Waals surface area contributed by atoms with Gasteiger partial charge in [0.05, 0.1) is 4.92 Å². The number of nitrogens with one attached hydrogen (secondary N) is 1. The molecule has 0 atom stereocenters. The molecule has 0 radical (unpaired) electrons. The first-order valence-electron chi connectivity index (χ1n) is 6.70. The predicted octanol–water partition coefficient (Wildman–Crippen LogP) is 1.70. The van der Waals surface area contributed by atoms with Gasteiger partial charge in [-0.25, -0.2) is 13.1 Å². The highest BCUT2D eigenvalue weighted by molar-refractivity contribution is 7.89. The van der Waals surface area contributed by atoms with E-state index in [0.717, 1.165) is 0 Å². The zero-order valence-electron chi connectivity index (χ0n) is 12.4. The summed E-state index contributed by atoms with van der Waals surface area (Å²) in [5.41, 5.74) is 5.07. The average Bonchev–Trinajstić information content (AvgIpc) is 2.44. The summed E-state index contributed by atoms with van der Waals surface area (Å²) in [6, 6.07) is 4.03. The average molecular weight is 315 g/mol. The number of sulfonamides is 1. The van der Waals surface area contributed by atoms with Crippen LogP contribution in [-0.4, -0.2) is 25.4 Å². The standard InChI is InChI=1S/C13H21N3O4S/c1-4-13(5-2,9-14)15-21(19,20)12-7-6-10(3)8-11(12)16(17)18/h6-8,15H,4-5,9,14H2,1-3H3. The van der Waals surface area contributed by atoms with Crippen molar-refractivity contribution in [3.8, 4) is 0 Å². The maximum absolute atomic E-state index is 12.5. The Hall–Kier alpha value is -1.51. The van der Waals surface area contributed by atoms with Crippen molar-refractivity contribution in [3.05, 3.63) is 33.9 Å². The van der Waals surface area contributed by atoms with E-state index in [9.17, 15) is 18.5 Å². The largest absolute Gasteiger partial charge is 0.329 e. The molecule has 1 aromatic rings. The summed E-state index contributed by atoms with van der Waals surface area (Å²) < 4.78 is 27.5. The van der Waals surface area contributed by atoms with Crippen LogP contribution in [-0.2, 0) is 10.0 Å². The number of nitrogens with zero attached hydrogens (tertiary/aromatic N) is 1. The van der Waals surface area contributed by atoms with Crippen LogP contribution in [0.1, 0.15) is 32.3 Å². The Morgan fingerprint density at radius 1 is 1.33 bits per heavy atom. The second kappa shape index (κ2) is 6.50. The molecule has 1 aromatic carbocycles. The number of hydrogen-bond donors (Lipinski definition) is 2. The summed E-state index contributed by atoms with van der Waals surface area (Å²) >= 11 is 0. The van der Waals surface area contributed by atoms with Crippen molar-refractivity contribution in [2.45, 2.75) is 44.0 Å². The molecule has 21 heavy (non-hydrogen) atoms. The summed E-state index contributed by atoms with van der Waals surface area (Å²) in [5.74, 6) is 0. The summed E-state index contributed by atoms with van der Waals surface area (Å²) in [4.78, 5) is 10.1. The molecule has 0 unspecified atom stereocenters. The van der Waals surface area contributed by atoms with Crippen molar-refractivity contribution >= 4 is 15.7 Å². The molecule has 1 rings (SSSR count). The van der Waals surface area contributed by atoms with Gasteiger partial charge in [0.25, 0.3) is 5.69 Å². The van der Waals surface area contributed by atoms with Crippen LogP contribution >= 0.6 is 0 Å². The van der Waals surface area contributed by atoms with Gasteiger partial charge in [0.2, 0.25) is 10.0 Å². The molecule has 0 aliphatic carbocycles. The van der Waals surface area contributed by atoms with Gasteiger partial charge >= 0.3 is 0 Å². The van der Waals surface area contributed by atoms with Gasteiger partial charge in [-0.1, -0.05) is 19.9 Å². The molecule has 0 aromatic heterocycles. The van der Waals surface area contributed by atoms with Crippen molar-refractivity contribution in [1.29, 1.82) is 0 Å². The Morgan fingerprint density at radius 2 is 1.90 bits per heavy atom. The molecule has 0 saturated heterocycles. The SMILES string of the molecule is CCC(CC)(CN)NS(=O)(=O)c1ccc(C)cc1[N+](=O)[O-]. The predicted molar refractivity (Wildman–Crippen MR) is 80.5 cm³/mol. The van der Waals surface area contributed by atoms with Crippen LogP contribution in [0.2, 0.25) is 0 Å². The van der Waals surface area contributed by atoms with E-state index in [1.54, 1.807) is 6.92 Å². The fraction of sp³-hybridized carbons (Fsp3) is 0.538. The van der Waals surface area contributed by atoms with E-state index in [1.165, 1.54) is 18.2 Å². The third-order valence-electron chi connectivity index (χ3n) is 3.70. The van der Waals surface area contributed by atoms with E-state index >= 15 is 0 Å². The Labute approximate surface area is 124 Å². The van der Waals surface area contributed by atoms with Gasteiger partial charge in [0.15, 0.2) is 4.90 Å². The topological polar surface area (TPSA) is 115 Å². The highest BCUT2D eigenvalue weighted by Gasteiger charge is 2.34. The second-order valence-electron chi connectivity index (χ2n) is 5.03.